The summed E-state index contributed by atoms with van der Waals surface area (Å²) >= 11 is 0. The zero-order chi connectivity index (χ0) is 72.0. The first-order valence-electron chi connectivity index (χ1n) is 35.9. The van der Waals surface area contributed by atoms with Crippen molar-refractivity contribution in [2.45, 2.75) is 0 Å². The van der Waals surface area contributed by atoms with Crippen molar-refractivity contribution < 1.29 is 40.2 Å². The first-order chi connectivity index (χ1) is 53.5. The maximum atomic E-state index is 5.10. The Labute approximate surface area is 668 Å². The summed E-state index contributed by atoms with van der Waals surface area (Å²) in [6.45, 7) is 0. The Morgan fingerprint density at radius 3 is 0.682 bits per heavy atom. The van der Waals surface area contributed by atoms with Crippen molar-refractivity contribution in [2.24, 2.45) is 0 Å². The van der Waals surface area contributed by atoms with Crippen LogP contribution in [0.4, 0.5) is 0 Å². The van der Waals surface area contributed by atoms with E-state index in [1.54, 1.807) is 0 Å². The van der Waals surface area contributed by atoms with E-state index in [2.05, 4.69) is 289 Å². The molecule has 0 bridgehead atoms. The molecule has 0 saturated heterocycles. The van der Waals surface area contributed by atoms with Crippen molar-refractivity contribution in [3.63, 3.8) is 0 Å². The number of aromatic nitrogens is 6. The molecule has 18 rings (SSSR count). The minimum absolute atomic E-state index is 0. The van der Waals surface area contributed by atoms with Crippen LogP contribution in [0.3, 0.4) is 0 Å². The quantitative estimate of drug-likeness (QED) is 0.0846. The third kappa shape index (κ3) is 14.9. The third-order valence-corrected chi connectivity index (χ3v) is 19.8. The fraction of sp³-hybridized carbons (Fsp3) is 0. The Morgan fingerprint density at radius 1 is 0.173 bits per heavy atom. The molecule has 18 aromatic rings. The van der Waals surface area contributed by atoms with E-state index in [-0.39, 0.29) is 40.2 Å². The second kappa shape index (κ2) is 32.5. The van der Waals surface area contributed by atoms with Crippen molar-refractivity contribution in [3.8, 4) is 190 Å². The topological polar surface area (TPSA) is 77.3 Å². The smallest absolute Gasteiger partial charge is 0.357 e. The van der Waals surface area contributed by atoms with Crippen LogP contribution in [0.2, 0.25) is 0 Å². The molecule has 0 saturated carbocycles. The van der Waals surface area contributed by atoms with E-state index >= 15 is 0 Å². The normalized spacial score (nSPS) is 10.9. The Bertz CT molecular complexity index is 5550. The summed E-state index contributed by atoms with van der Waals surface area (Å²) < 4.78 is 0. The summed E-state index contributed by atoms with van der Waals surface area (Å²) in [6, 6.07) is 139. The number of nitrogens with zero attached hydrogens (tertiary/aromatic N) is 6. The molecule has 6 nitrogen and oxygen atoms in total. The van der Waals surface area contributed by atoms with Crippen LogP contribution in [0.15, 0.2) is 377 Å². The van der Waals surface area contributed by atoms with Gasteiger partial charge in [0, 0.05) is 24.8 Å². The van der Waals surface area contributed by atoms with Gasteiger partial charge in [-0.3, -0.25) is 0 Å². The Morgan fingerprint density at radius 2 is 0.427 bits per heavy atom. The zero-order valence-corrected chi connectivity index (χ0v) is 63.9. The molecule has 0 atom stereocenters. The molecule has 0 amide bonds. The second-order valence-corrected chi connectivity index (χ2v) is 26.4. The summed E-state index contributed by atoms with van der Waals surface area (Å²) in [7, 11) is 0. The maximum absolute atomic E-state index is 5.10. The van der Waals surface area contributed by atoms with Crippen LogP contribution in [0.25, 0.3) is 190 Å². The monoisotopic (exact) mass is 1760 g/mol. The van der Waals surface area contributed by atoms with Gasteiger partial charge in [0.25, 0.3) is 0 Å². The van der Waals surface area contributed by atoms with Gasteiger partial charge in [0.1, 0.15) is 0 Å². The summed E-state index contributed by atoms with van der Waals surface area (Å²) in [6.07, 6.45) is 11.4. The Balaban J connectivity index is 0.00000460. The minimum Gasteiger partial charge on any atom is -0.357 e. The van der Waals surface area contributed by atoms with E-state index in [0.717, 1.165) is 179 Å². The molecular formula is C102H62Ir2N6. The van der Waals surface area contributed by atoms with Crippen molar-refractivity contribution in [2.75, 3.05) is 0 Å². The summed E-state index contributed by atoms with van der Waals surface area (Å²) in [5.74, 6) is 0. The predicted molar refractivity (Wildman–Crippen MR) is 439 cm³/mol. The first kappa shape index (κ1) is 71.1. The van der Waals surface area contributed by atoms with Gasteiger partial charge in [-0.1, -0.05) is 239 Å². The largest absolute Gasteiger partial charge is 3.00 e. The van der Waals surface area contributed by atoms with Gasteiger partial charge in [0.2, 0.25) is 0 Å². The van der Waals surface area contributed by atoms with Gasteiger partial charge in [0.15, 0.2) is 0 Å². The average Bonchev–Trinajstić information content (AvgIpc) is 0.771. The van der Waals surface area contributed by atoms with Crippen molar-refractivity contribution in [1.82, 2.24) is 29.9 Å². The van der Waals surface area contributed by atoms with Crippen LogP contribution in [0, 0.1) is 36.4 Å². The van der Waals surface area contributed by atoms with Gasteiger partial charge in [-0.25, -0.2) is 12.1 Å². The van der Waals surface area contributed by atoms with Crippen LogP contribution in [-0.4, -0.2) is 29.9 Å². The summed E-state index contributed by atoms with van der Waals surface area (Å²) in [4.78, 5) is 29.3. The molecule has 0 spiro atoms. The van der Waals surface area contributed by atoms with E-state index in [4.69, 9.17) is 19.9 Å². The van der Waals surface area contributed by atoms with E-state index in [0.29, 0.717) is 11.4 Å². The molecule has 0 aliphatic heterocycles. The fourth-order valence-corrected chi connectivity index (χ4v) is 14.4. The van der Waals surface area contributed by atoms with Crippen LogP contribution in [0.1, 0.15) is 0 Å². The SMILES string of the molecule is [Ir+3].[Ir+3].[c-]1cc(-c2ccccc2-c2cc(-c3ccccc3-c3c[c-]c(-c4ccccn4)cc3)cc(-c3ccccc3-c3c[c-]c(-c4[c-]cc(-c5ccccc5-c5cc(-c6ccccc6-c6ccc(-c7[c-]cccc7)nc6)cc(-c6ccccc6-c6ccc(-c7[c-]cccc7)nc6)c5)cn4)nc3)c2)ccc1-c1ccccn1. The molecule has 0 radical (unpaired) electrons. The molecule has 0 N–H and O–H groups in total. The van der Waals surface area contributed by atoms with Crippen molar-refractivity contribution in [3.05, 3.63) is 413 Å². The summed E-state index contributed by atoms with van der Waals surface area (Å²) in [5, 5.41) is 0. The Hall–Kier alpha value is -13.2. The van der Waals surface area contributed by atoms with E-state index < -0.39 is 0 Å². The zero-order valence-electron chi connectivity index (χ0n) is 59.1. The average molecular weight is 1760 g/mol. The van der Waals surface area contributed by atoms with E-state index in [1.807, 2.05) is 134 Å². The first-order valence-corrected chi connectivity index (χ1v) is 35.9. The molecule has 0 aliphatic rings. The van der Waals surface area contributed by atoms with Crippen LogP contribution in [0.5, 0.6) is 0 Å². The fourth-order valence-electron chi connectivity index (χ4n) is 14.4. The molecule has 0 aliphatic carbocycles. The maximum Gasteiger partial charge on any atom is 3.00 e. The third-order valence-electron chi connectivity index (χ3n) is 19.8. The standard InChI is InChI=1S/C102H62N6.2Ir/c1-3-23-71(24-4-1)99-53-49-75(65-105-99)87-29-9-15-35-93(87)82-62-83(94-36-16-10-30-88(94)76-50-54-100(106-66-76)72-25-5-2-6-26-72)64-84(63-82)96-38-18-12-32-90(96)78-52-56-102(108-68-78)101-55-51-77(67-107-101)89-31-11-17-37-95(89)81-60-79(91-33-13-7-27-85(91)69-41-45-73(46-42-69)97-39-19-21-57-103-97)59-80(61-81)92-34-14-8-28-86(92)70-43-47-74(48-44-70)98-40-20-22-58-104-98;;/h1-23,25,27-45,47,49-54,57-68H;;/q-6;2*+3. The molecule has 6 aromatic heterocycles. The molecule has 0 fully saturated rings. The van der Waals surface area contributed by atoms with Crippen molar-refractivity contribution in [1.29, 1.82) is 0 Å². The van der Waals surface area contributed by atoms with Crippen molar-refractivity contribution >= 4 is 0 Å². The van der Waals surface area contributed by atoms with Gasteiger partial charge in [-0.15, -0.1) is 143 Å². The number of rotatable bonds is 17. The van der Waals surface area contributed by atoms with E-state index in [9.17, 15) is 0 Å². The van der Waals surface area contributed by atoms with Gasteiger partial charge in [-0.05, 0) is 173 Å². The second-order valence-electron chi connectivity index (χ2n) is 26.4. The van der Waals surface area contributed by atoms with Crippen LogP contribution in [-0.2, 0) is 40.2 Å². The van der Waals surface area contributed by atoms with Crippen LogP contribution >= 0.6 is 0 Å². The summed E-state index contributed by atoms with van der Waals surface area (Å²) in [5.41, 5.74) is 33.6. The van der Waals surface area contributed by atoms with Gasteiger partial charge < -0.3 is 29.9 Å². The number of hydrogen-bond acceptors (Lipinski definition) is 6. The molecule has 12 aromatic carbocycles. The number of benzene rings is 12. The molecule has 518 valence electrons. The van der Waals surface area contributed by atoms with Gasteiger partial charge >= 0.3 is 40.2 Å². The molecule has 8 heteroatoms. The number of hydrogen-bond donors (Lipinski definition) is 0. The van der Waals surface area contributed by atoms with Crippen LogP contribution < -0.4 is 0 Å². The molecular weight excluding hydrogens is 1690 g/mol. The molecule has 0 unspecified atom stereocenters. The molecule has 110 heavy (non-hydrogen) atoms. The predicted octanol–water partition coefficient (Wildman–Crippen LogP) is 25.2. The van der Waals surface area contributed by atoms with E-state index in [1.165, 1.54) is 0 Å². The Kier molecular flexibility index (Phi) is 21.0. The van der Waals surface area contributed by atoms with Gasteiger partial charge in [-0.2, -0.15) is 12.1 Å². The minimum atomic E-state index is 0. The number of pyridine rings is 6. The molecule has 6 heterocycles. The van der Waals surface area contributed by atoms with Gasteiger partial charge in [0.05, 0.1) is 0 Å².